The number of esters is 1. The molecule has 180 valence electrons. The molecular formula is C25H29N3O5S. The number of para-hydroxylation sites is 1. The second-order valence-corrected chi connectivity index (χ2v) is 10.5. The number of sulfonamides is 1. The molecule has 1 fully saturated rings. The van der Waals surface area contributed by atoms with Crippen LogP contribution in [0.1, 0.15) is 48.2 Å². The molecule has 0 radical (unpaired) electrons. The second kappa shape index (κ2) is 9.50. The van der Waals surface area contributed by atoms with Crippen molar-refractivity contribution in [1.82, 2.24) is 9.36 Å². The summed E-state index contributed by atoms with van der Waals surface area (Å²) in [6.07, 6.45) is 4.70. The van der Waals surface area contributed by atoms with Gasteiger partial charge in [0, 0.05) is 14.1 Å². The standard InChI is InChI=1S/C25H29N3O5S/c1-18-23(24(29)28(26(18)2)20-12-6-4-7-13-20)27(3)34(31,32)22-16-10-11-19(17-22)25(30)33-21-14-8-5-9-15-21/h4,6-7,10-13,16-17,21H,5,8-9,14-15H2,1-3H3. The number of hydrogen-bond acceptors (Lipinski definition) is 5. The van der Waals surface area contributed by atoms with E-state index in [-0.39, 0.29) is 22.3 Å². The molecule has 0 unspecified atom stereocenters. The van der Waals surface area contributed by atoms with E-state index >= 15 is 0 Å². The number of aromatic nitrogens is 2. The molecule has 0 N–H and O–H groups in total. The quantitative estimate of drug-likeness (QED) is 0.498. The van der Waals surface area contributed by atoms with Gasteiger partial charge in [-0.2, -0.15) is 0 Å². The van der Waals surface area contributed by atoms with Crippen LogP contribution < -0.4 is 9.86 Å². The van der Waals surface area contributed by atoms with E-state index in [1.54, 1.807) is 36.9 Å². The monoisotopic (exact) mass is 483 g/mol. The number of carbonyl (C=O) groups is 1. The molecule has 1 aromatic heterocycles. The van der Waals surface area contributed by atoms with Gasteiger partial charge in [0.2, 0.25) is 0 Å². The van der Waals surface area contributed by atoms with Crippen molar-refractivity contribution in [2.45, 2.75) is 50.0 Å². The molecule has 8 nitrogen and oxygen atoms in total. The first kappa shape index (κ1) is 23.8. The molecule has 0 bridgehead atoms. The normalized spacial score (nSPS) is 14.7. The third-order valence-corrected chi connectivity index (χ3v) is 8.15. The second-order valence-electron chi connectivity index (χ2n) is 8.58. The molecule has 1 saturated carbocycles. The SMILES string of the molecule is Cc1c(N(C)S(=O)(=O)c2cccc(C(=O)OC3CCCCC3)c2)c(=O)n(-c2ccccc2)n1C. The summed E-state index contributed by atoms with van der Waals surface area (Å²) < 4.78 is 36.6. The van der Waals surface area contributed by atoms with Crippen LogP contribution in [0.25, 0.3) is 5.69 Å². The first-order chi connectivity index (χ1) is 16.2. The average Bonchev–Trinajstić information content (AvgIpc) is 3.07. The van der Waals surface area contributed by atoms with Gasteiger partial charge in [0.05, 0.1) is 21.8 Å². The Balaban J connectivity index is 1.66. The molecule has 4 rings (SSSR count). The van der Waals surface area contributed by atoms with Crippen LogP contribution in [0.4, 0.5) is 5.69 Å². The zero-order valence-corrected chi connectivity index (χ0v) is 20.4. The number of benzene rings is 2. The van der Waals surface area contributed by atoms with Crippen molar-refractivity contribution in [2.24, 2.45) is 7.05 Å². The molecule has 1 heterocycles. The number of carbonyl (C=O) groups excluding carboxylic acids is 1. The van der Waals surface area contributed by atoms with Gasteiger partial charge >= 0.3 is 5.97 Å². The highest BCUT2D eigenvalue weighted by Crippen LogP contribution is 2.26. The number of anilines is 1. The van der Waals surface area contributed by atoms with Gasteiger partial charge in [0.1, 0.15) is 11.8 Å². The lowest BCUT2D eigenvalue weighted by molar-refractivity contribution is 0.0211. The molecule has 0 saturated heterocycles. The Bertz CT molecular complexity index is 1350. The largest absolute Gasteiger partial charge is 0.459 e. The third-order valence-electron chi connectivity index (χ3n) is 6.39. The highest BCUT2D eigenvalue weighted by atomic mass is 32.2. The molecule has 0 amide bonds. The molecule has 1 aliphatic rings. The van der Waals surface area contributed by atoms with Crippen molar-refractivity contribution in [3.8, 4) is 5.69 Å². The molecule has 3 aromatic rings. The van der Waals surface area contributed by atoms with E-state index in [0.29, 0.717) is 11.4 Å². The third kappa shape index (κ3) is 4.40. The topological polar surface area (TPSA) is 90.6 Å². The Morgan fingerprint density at radius 3 is 2.38 bits per heavy atom. The van der Waals surface area contributed by atoms with Crippen LogP contribution in [-0.2, 0) is 21.8 Å². The Kier molecular flexibility index (Phi) is 6.65. The van der Waals surface area contributed by atoms with Gasteiger partial charge in [-0.25, -0.2) is 17.9 Å². The van der Waals surface area contributed by atoms with Gasteiger partial charge in [-0.15, -0.1) is 0 Å². The van der Waals surface area contributed by atoms with Crippen molar-refractivity contribution in [2.75, 3.05) is 11.4 Å². The number of rotatable bonds is 6. The summed E-state index contributed by atoms with van der Waals surface area (Å²) in [6.45, 7) is 1.69. The van der Waals surface area contributed by atoms with Crippen molar-refractivity contribution >= 4 is 21.7 Å². The maximum Gasteiger partial charge on any atom is 0.338 e. The van der Waals surface area contributed by atoms with E-state index < -0.39 is 21.6 Å². The lowest BCUT2D eigenvalue weighted by Gasteiger charge is -2.22. The summed E-state index contributed by atoms with van der Waals surface area (Å²) in [5, 5.41) is 0. The van der Waals surface area contributed by atoms with Crippen LogP contribution in [0.3, 0.4) is 0 Å². The van der Waals surface area contributed by atoms with E-state index in [1.165, 1.54) is 29.9 Å². The molecule has 2 aromatic carbocycles. The molecule has 9 heteroatoms. The summed E-state index contributed by atoms with van der Waals surface area (Å²) >= 11 is 0. The molecule has 0 aliphatic heterocycles. The van der Waals surface area contributed by atoms with Gasteiger partial charge < -0.3 is 4.74 Å². The zero-order chi connectivity index (χ0) is 24.5. The highest BCUT2D eigenvalue weighted by molar-refractivity contribution is 7.92. The van der Waals surface area contributed by atoms with Crippen LogP contribution >= 0.6 is 0 Å². The van der Waals surface area contributed by atoms with E-state index in [0.717, 1.165) is 36.4 Å². The van der Waals surface area contributed by atoms with Crippen LogP contribution in [0, 0.1) is 6.92 Å². The van der Waals surface area contributed by atoms with E-state index in [1.807, 2.05) is 18.2 Å². The molecule has 0 spiro atoms. The predicted octanol–water partition coefficient (Wildman–Crippen LogP) is 3.80. The van der Waals surface area contributed by atoms with Gasteiger partial charge in [0.25, 0.3) is 15.6 Å². The summed E-state index contributed by atoms with van der Waals surface area (Å²) in [6, 6.07) is 14.8. The molecule has 1 aliphatic carbocycles. The van der Waals surface area contributed by atoms with Crippen LogP contribution in [0.2, 0.25) is 0 Å². The van der Waals surface area contributed by atoms with Gasteiger partial charge in [0.15, 0.2) is 0 Å². The fraction of sp³-hybridized carbons (Fsp3) is 0.360. The zero-order valence-electron chi connectivity index (χ0n) is 19.6. The fourth-order valence-electron chi connectivity index (χ4n) is 4.38. The van der Waals surface area contributed by atoms with Crippen molar-refractivity contribution < 1.29 is 17.9 Å². The lowest BCUT2D eigenvalue weighted by atomic mass is 9.98. The van der Waals surface area contributed by atoms with Gasteiger partial charge in [-0.05, 0) is 62.9 Å². The van der Waals surface area contributed by atoms with E-state index in [4.69, 9.17) is 4.74 Å². The minimum absolute atomic E-state index is 0.0431. The summed E-state index contributed by atoms with van der Waals surface area (Å²) in [5.41, 5.74) is 0.883. The Morgan fingerprint density at radius 2 is 1.71 bits per heavy atom. The molecule has 0 atom stereocenters. The maximum atomic E-state index is 13.5. The van der Waals surface area contributed by atoms with Crippen LogP contribution in [-0.4, -0.2) is 36.9 Å². The van der Waals surface area contributed by atoms with Gasteiger partial charge in [-0.3, -0.25) is 13.8 Å². The van der Waals surface area contributed by atoms with Crippen molar-refractivity contribution in [3.05, 3.63) is 76.2 Å². The number of ether oxygens (including phenoxy) is 1. The Labute approximate surface area is 199 Å². The molecular weight excluding hydrogens is 454 g/mol. The summed E-state index contributed by atoms with van der Waals surface area (Å²) in [7, 11) is -1.06. The highest BCUT2D eigenvalue weighted by Gasteiger charge is 2.29. The minimum Gasteiger partial charge on any atom is -0.459 e. The summed E-state index contributed by atoms with van der Waals surface area (Å²) in [5.74, 6) is -0.533. The van der Waals surface area contributed by atoms with Gasteiger partial charge in [-0.1, -0.05) is 30.7 Å². The van der Waals surface area contributed by atoms with Crippen LogP contribution in [0.15, 0.2) is 64.3 Å². The van der Waals surface area contributed by atoms with Crippen molar-refractivity contribution in [3.63, 3.8) is 0 Å². The average molecular weight is 484 g/mol. The number of hydrogen-bond donors (Lipinski definition) is 0. The smallest absolute Gasteiger partial charge is 0.338 e. The first-order valence-electron chi connectivity index (χ1n) is 11.4. The fourth-order valence-corrected chi connectivity index (χ4v) is 5.67. The predicted molar refractivity (Wildman–Crippen MR) is 130 cm³/mol. The number of nitrogens with zero attached hydrogens (tertiary/aromatic N) is 3. The van der Waals surface area contributed by atoms with E-state index in [9.17, 15) is 18.0 Å². The minimum atomic E-state index is -4.11. The summed E-state index contributed by atoms with van der Waals surface area (Å²) in [4.78, 5) is 25.9. The maximum absolute atomic E-state index is 13.5. The Morgan fingerprint density at radius 1 is 1.03 bits per heavy atom. The molecule has 34 heavy (non-hydrogen) atoms. The van der Waals surface area contributed by atoms with E-state index in [2.05, 4.69) is 0 Å². The Hall–Kier alpha value is -3.33. The lowest BCUT2D eigenvalue weighted by Crippen LogP contribution is -2.32. The first-order valence-corrected chi connectivity index (χ1v) is 12.8. The van der Waals surface area contributed by atoms with Crippen LogP contribution in [0.5, 0.6) is 0 Å². The van der Waals surface area contributed by atoms with Crippen molar-refractivity contribution in [1.29, 1.82) is 0 Å².